The number of rotatable bonds is 3. The fourth-order valence-electron chi connectivity index (χ4n) is 2.31. The number of carbonyl (C=O) groups is 2. The topological polar surface area (TPSA) is 61.2 Å². The van der Waals surface area contributed by atoms with Crippen LogP contribution in [0.1, 0.15) is 19.3 Å². The van der Waals surface area contributed by atoms with E-state index in [4.69, 9.17) is 5.26 Å². The van der Waals surface area contributed by atoms with Crippen LogP contribution >= 0.6 is 0 Å². The van der Waals surface area contributed by atoms with Gasteiger partial charge in [-0.05, 0) is 25.0 Å². The summed E-state index contributed by atoms with van der Waals surface area (Å²) in [6, 6.07) is 4.55. The number of halogens is 2. The monoisotopic (exact) mass is 278 g/mol. The fraction of sp³-hybridized carbons (Fsp3) is 0.357. The van der Waals surface area contributed by atoms with E-state index in [-0.39, 0.29) is 18.7 Å². The molecule has 0 bridgehead atoms. The summed E-state index contributed by atoms with van der Waals surface area (Å²) in [6.07, 6.45) is 0.492. The van der Waals surface area contributed by atoms with Gasteiger partial charge in [-0.3, -0.25) is 9.59 Å². The first kappa shape index (κ1) is 14.1. The molecule has 20 heavy (non-hydrogen) atoms. The molecule has 0 N–H and O–H groups in total. The predicted octanol–water partition coefficient (Wildman–Crippen LogP) is 2.19. The number of benzene rings is 1. The van der Waals surface area contributed by atoms with Gasteiger partial charge in [0.2, 0.25) is 5.91 Å². The first-order chi connectivity index (χ1) is 9.54. The molecular formula is C14H12F2N2O2. The van der Waals surface area contributed by atoms with Gasteiger partial charge < -0.3 is 4.90 Å². The van der Waals surface area contributed by atoms with Crippen LogP contribution in [0.2, 0.25) is 0 Å². The average Bonchev–Trinajstić information content (AvgIpc) is 2.42. The minimum Gasteiger partial charge on any atom is -0.309 e. The van der Waals surface area contributed by atoms with Crippen molar-refractivity contribution >= 4 is 17.4 Å². The highest BCUT2D eigenvalue weighted by atomic mass is 19.1. The van der Waals surface area contributed by atoms with E-state index in [1.165, 1.54) is 0 Å². The third-order valence-electron chi connectivity index (χ3n) is 3.28. The highest BCUT2D eigenvalue weighted by Gasteiger charge is 2.35. The zero-order valence-corrected chi connectivity index (χ0v) is 10.6. The zero-order chi connectivity index (χ0) is 14.7. The molecule has 0 saturated carbocycles. The number of anilines is 1. The number of ketones is 1. The average molecular weight is 278 g/mol. The number of amides is 1. The molecule has 1 heterocycles. The van der Waals surface area contributed by atoms with Gasteiger partial charge >= 0.3 is 0 Å². The van der Waals surface area contributed by atoms with Gasteiger partial charge in [0.15, 0.2) is 5.78 Å². The summed E-state index contributed by atoms with van der Waals surface area (Å²) in [7, 11) is 0. The van der Waals surface area contributed by atoms with E-state index >= 15 is 0 Å². The van der Waals surface area contributed by atoms with Gasteiger partial charge in [0, 0.05) is 12.6 Å². The van der Waals surface area contributed by atoms with Gasteiger partial charge in [-0.15, -0.1) is 0 Å². The molecule has 4 nitrogen and oxygen atoms in total. The lowest BCUT2D eigenvalue weighted by Crippen LogP contribution is -2.44. The second kappa shape index (κ2) is 5.78. The molecule has 0 radical (unpaired) electrons. The van der Waals surface area contributed by atoms with Crippen LogP contribution in [0, 0.1) is 28.9 Å². The summed E-state index contributed by atoms with van der Waals surface area (Å²) in [4.78, 5) is 25.0. The van der Waals surface area contributed by atoms with Crippen molar-refractivity contribution in [3.63, 3.8) is 0 Å². The predicted molar refractivity (Wildman–Crippen MR) is 66.7 cm³/mol. The van der Waals surface area contributed by atoms with Crippen molar-refractivity contribution in [2.45, 2.75) is 19.3 Å². The first-order valence-corrected chi connectivity index (χ1v) is 6.20. The number of nitriles is 1. The fourth-order valence-corrected chi connectivity index (χ4v) is 2.31. The van der Waals surface area contributed by atoms with E-state index in [1.54, 1.807) is 6.07 Å². The van der Waals surface area contributed by atoms with Gasteiger partial charge in [-0.1, -0.05) is 0 Å². The quantitative estimate of drug-likeness (QED) is 0.796. The highest BCUT2D eigenvalue weighted by Crippen LogP contribution is 2.28. The summed E-state index contributed by atoms with van der Waals surface area (Å²) in [5, 5.41) is 8.51. The van der Waals surface area contributed by atoms with Gasteiger partial charge in [0.25, 0.3) is 0 Å². The van der Waals surface area contributed by atoms with E-state index in [0.29, 0.717) is 12.8 Å². The van der Waals surface area contributed by atoms with E-state index < -0.39 is 29.2 Å². The largest absolute Gasteiger partial charge is 0.309 e. The molecule has 1 saturated heterocycles. The van der Waals surface area contributed by atoms with Crippen molar-refractivity contribution in [3.8, 4) is 6.07 Å². The Balaban J connectivity index is 2.29. The normalized spacial score (nSPS) is 18.8. The lowest BCUT2D eigenvalue weighted by atomic mass is 9.91. The van der Waals surface area contributed by atoms with E-state index in [0.717, 1.165) is 23.1 Å². The Labute approximate surface area is 114 Å². The molecule has 1 aliphatic rings. The molecule has 1 atom stereocenters. The Morgan fingerprint density at radius 3 is 2.90 bits per heavy atom. The standard InChI is InChI=1S/C14H12F2N2O2/c15-9-3-4-11(16)12(8-9)18-7-1-2-10(14(18)20)13(19)5-6-17/h3-4,8,10H,1-2,5,7H2. The number of hydrogen-bond donors (Lipinski definition) is 0. The molecule has 0 aromatic heterocycles. The van der Waals surface area contributed by atoms with E-state index in [9.17, 15) is 18.4 Å². The lowest BCUT2D eigenvalue weighted by molar-refractivity contribution is -0.133. The molecule has 1 fully saturated rings. The number of piperidine rings is 1. The molecule has 0 spiro atoms. The molecule has 2 rings (SSSR count). The van der Waals surface area contributed by atoms with Crippen molar-refractivity contribution in [2.75, 3.05) is 11.4 Å². The second-order valence-corrected chi connectivity index (χ2v) is 4.58. The zero-order valence-electron chi connectivity index (χ0n) is 10.6. The van der Waals surface area contributed by atoms with Gasteiger partial charge in [-0.25, -0.2) is 8.78 Å². The number of carbonyl (C=O) groups excluding carboxylic acids is 2. The molecule has 104 valence electrons. The minimum atomic E-state index is -0.939. The summed E-state index contributed by atoms with van der Waals surface area (Å²) in [6.45, 7) is 0.232. The number of nitrogens with zero attached hydrogens (tertiary/aromatic N) is 2. The summed E-state index contributed by atoms with van der Waals surface area (Å²) >= 11 is 0. The maximum atomic E-state index is 13.7. The Hall–Kier alpha value is -2.29. The summed E-state index contributed by atoms with van der Waals surface area (Å²) in [5.74, 6) is -3.35. The molecule has 1 aromatic carbocycles. The Kier molecular flexibility index (Phi) is 4.08. The molecule has 0 aliphatic carbocycles. The summed E-state index contributed by atoms with van der Waals surface area (Å²) < 4.78 is 26.9. The maximum Gasteiger partial charge on any atom is 0.237 e. The van der Waals surface area contributed by atoms with Crippen molar-refractivity contribution in [2.24, 2.45) is 5.92 Å². The van der Waals surface area contributed by atoms with Crippen LogP contribution in [0.3, 0.4) is 0 Å². The van der Waals surface area contributed by atoms with Crippen LogP contribution < -0.4 is 4.90 Å². The lowest BCUT2D eigenvalue weighted by Gasteiger charge is -2.31. The third-order valence-corrected chi connectivity index (χ3v) is 3.28. The van der Waals surface area contributed by atoms with Gasteiger partial charge in [-0.2, -0.15) is 5.26 Å². The van der Waals surface area contributed by atoms with Crippen molar-refractivity contribution in [1.82, 2.24) is 0 Å². The Morgan fingerprint density at radius 1 is 1.45 bits per heavy atom. The van der Waals surface area contributed by atoms with E-state index in [2.05, 4.69) is 0 Å². The van der Waals surface area contributed by atoms with Crippen LogP contribution in [0.4, 0.5) is 14.5 Å². The smallest absolute Gasteiger partial charge is 0.237 e. The minimum absolute atomic E-state index is 0.163. The van der Waals surface area contributed by atoms with Crippen LogP contribution in [0.15, 0.2) is 18.2 Å². The number of Topliss-reactive ketones (excluding diaryl/α,β-unsaturated/α-hetero) is 1. The van der Waals surface area contributed by atoms with Crippen LogP contribution in [-0.4, -0.2) is 18.2 Å². The molecule has 1 unspecified atom stereocenters. The van der Waals surface area contributed by atoms with Crippen LogP contribution in [0.5, 0.6) is 0 Å². The molecular weight excluding hydrogens is 266 g/mol. The SMILES string of the molecule is N#CCC(=O)C1CCCN(c2cc(F)ccc2F)C1=O. The molecule has 1 aliphatic heterocycles. The second-order valence-electron chi connectivity index (χ2n) is 4.58. The molecule has 1 amide bonds. The van der Waals surface area contributed by atoms with E-state index in [1.807, 2.05) is 0 Å². The van der Waals surface area contributed by atoms with Crippen molar-refractivity contribution < 1.29 is 18.4 Å². The van der Waals surface area contributed by atoms with Gasteiger partial charge in [0.1, 0.15) is 11.6 Å². The number of hydrogen-bond acceptors (Lipinski definition) is 3. The van der Waals surface area contributed by atoms with Crippen molar-refractivity contribution in [3.05, 3.63) is 29.8 Å². The Morgan fingerprint density at radius 2 is 2.20 bits per heavy atom. The van der Waals surface area contributed by atoms with Crippen LogP contribution in [0.25, 0.3) is 0 Å². The van der Waals surface area contributed by atoms with Gasteiger partial charge in [0.05, 0.1) is 24.1 Å². The molecule has 1 aromatic rings. The third kappa shape index (κ3) is 2.67. The molecule has 6 heteroatoms. The van der Waals surface area contributed by atoms with Crippen molar-refractivity contribution in [1.29, 1.82) is 5.26 Å². The maximum absolute atomic E-state index is 13.7. The van der Waals surface area contributed by atoms with Crippen LogP contribution in [-0.2, 0) is 9.59 Å². The summed E-state index contributed by atoms with van der Waals surface area (Å²) in [5.41, 5.74) is -0.163. The first-order valence-electron chi connectivity index (χ1n) is 6.20. The Bertz CT molecular complexity index is 595. The highest BCUT2D eigenvalue weighted by molar-refractivity contribution is 6.09.